The van der Waals surface area contributed by atoms with E-state index in [0.29, 0.717) is 122 Å². The van der Waals surface area contributed by atoms with Crippen LogP contribution < -0.4 is 9.47 Å². The average molecular weight is 1380 g/mol. The number of oxazole rings is 4. The Bertz CT molecular complexity index is 4940. The molecule has 6 heterocycles. The highest BCUT2D eigenvalue weighted by Gasteiger charge is 2.35. The SMILES string of the molecule is COC(=O)[C@@H]1CCCN1Cc1cc2nc(-c3cccc(-c4cccc(-c5nc6cc(CCl)cc(C#N)c6o5)c4C)c3C)oc2cc1OC(F)F.COC(=O)[C@@H]1CCCN1Cc1cc2nc(-c3cccc(-c4cccc(-c5nc6cc(CO)cc(C#N)c6o5)c4C)c3C)oc2cc1OC(F)F. The van der Waals surface area contributed by atoms with Crippen LogP contribution in [-0.4, -0.2) is 99.4 Å². The molecule has 2 aliphatic heterocycles. The van der Waals surface area contributed by atoms with E-state index >= 15 is 0 Å². The molecule has 14 rings (SSSR count). The molecule has 19 nitrogen and oxygen atoms in total. The van der Waals surface area contributed by atoms with Crippen molar-refractivity contribution < 1.29 is 68.9 Å². The van der Waals surface area contributed by atoms with E-state index in [0.717, 1.165) is 79.6 Å². The second-order valence-electron chi connectivity index (χ2n) is 24.4. The van der Waals surface area contributed by atoms with Gasteiger partial charge in [0.1, 0.15) is 57.8 Å². The Labute approximate surface area is 574 Å². The van der Waals surface area contributed by atoms with Gasteiger partial charge in [0.15, 0.2) is 22.3 Å². The van der Waals surface area contributed by atoms with Crippen LogP contribution in [0, 0.1) is 50.4 Å². The fourth-order valence-electron chi connectivity index (χ4n) is 13.5. The van der Waals surface area contributed by atoms with Crippen LogP contribution in [0.1, 0.15) is 81.3 Å². The number of esters is 2. The number of rotatable bonds is 18. The first-order chi connectivity index (χ1) is 48.4. The van der Waals surface area contributed by atoms with Gasteiger partial charge in [-0.3, -0.25) is 19.4 Å². The molecule has 0 unspecified atom stereocenters. The molecular weight excluding hydrogens is 1310 g/mol. The number of halogens is 5. The summed E-state index contributed by atoms with van der Waals surface area (Å²) in [5, 5.41) is 29.0. The monoisotopic (exact) mass is 1370 g/mol. The number of carbonyl (C=O) groups is 2. The van der Waals surface area contributed by atoms with Crippen molar-refractivity contribution in [3.63, 3.8) is 0 Å². The number of fused-ring (bicyclic) bond motifs is 4. The molecule has 0 amide bonds. The van der Waals surface area contributed by atoms with Crippen LogP contribution in [0.2, 0.25) is 0 Å². The van der Waals surface area contributed by atoms with Crippen molar-refractivity contribution in [3.8, 4) is 91.7 Å². The minimum atomic E-state index is -3.05. The molecule has 0 spiro atoms. The van der Waals surface area contributed by atoms with Crippen LogP contribution in [0.15, 0.2) is 139 Å². The number of hydrogen-bond donors (Lipinski definition) is 1. The molecule has 8 aromatic carbocycles. The van der Waals surface area contributed by atoms with Crippen LogP contribution in [0.25, 0.3) is 112 Å². The number of benzene rings is 8. The van der Waals surface area contributed by atoms with Gasteiger partial charge in [-0.05, 0) is 183 Å². The second kappa shape index (κ2) is 28.5. The Morgan fingerprint density at radius 3 is 1.23 bits per heavy atom. The van der Waals surface area contributed by atoms with E-state index in [9.17, 15) is 42.8 Å². The zero-order chi connectivity index (χ0) is 70.2. The number of aromatic nitrogens is 4. The fourth-order valence-corrected chi connectivity index (χ4v) is 13.7. The lowest BCUT2D eigenvalue weighted by Crippen LogP contribution is -2.36. The normalized spacial score (nSPS) is 14.9. The van der Waals surface area contributed by atoms with E-state index in [4.69, 9.17) is 63.2 Å². The molecule has 2 saturated heterocycles. The number of nitrogens with zero attached hydrogens (tertiary/aromatic N) is 8. The largest absolute Gasteiger partial charge is 0.468 e. The standard InChI is InChI=1S/C38H31ClF2N4O5.C38H32F2N4O6/c1-20-25(26-8-5-10-28(21(26)2)36-44-30-14-22(17-39)13-23(18-42)34(30)50-36)7-4-9-27(20)35-43-29-15-24(32(49-38(40)41)16-33(29)48-35)19-45-12-6-11-31(45)37(46)47-3;1-20-25(26-8-5-10-28(21(26)2)36-43-30-14-22(19-45)13-23(17-41)34(30)50-36)7-4-9-27(20)35-42-29-15-24(32(49-38(39)40)16-33(29)48-35)18-44-12-6-11-31(44)37(46)47-3/h4-5,7-10,13-16,31,38H,6,11-12,17,19H2,1-3H3;4-5,7-10,13-16,31,38,45H,6,11-12,18-19H2,1-3H3/t2*31-/m00/s1. The van der Waals surface area contributed by atoms with Gasteiger partial charge >= 0.3 is 25.2 Å². The number of methoxy groups -OCH3 is 2. The number of likely N-dealkylation sites (tertiary alicyclic amines) is 2. The molecule has 24 heteroatoms. The zero-order valence-electron chi connectivity index (χ0n) is 54.9. The van der Waals surface area contributed by atoms with E-state index in [-0.39, 0.29) is 54.6 Å². The summed E-state index contributed by atoms with van der Waals surface area (Å²) in [5.74, 6) is 0.813. The molecule has 508 valence electrons. The lowest BCUT2D eigenvalue weighted by Gasteiger charge is -2.23. The van der Waals surface area contributed by atoms with Gasteiger partial charge in [-0.25, -0.2) is 19.9 Å². The fraction of sp³-hybridized carbons (Fsp3) is 0.263. The van der Waals surface area contributed by atoms with Crippen LogP contribution in [0.5, 0.6) is 11.5 Å². The van der Waals surface area contributed by atoms with Gasteiger partial charge in [-0.2, -0.15) is 28.1 Å². The number of carbonyl (C=O) groups excluding carboxylic acids is 2. The first-order valence-electron chi connectivity index (χ1n) is 32.0. The third-order valence-corrected chi connectivity index (χ3v) is 18.8. The maximum Gasteiger partial charge on any atom is 0.387 e. The third kappa shape index (κ3) is 13.2. The van der Waals surface area contributed by atoms with Crippen LogP contribution >= 0.6 is 11.6 Å². The number of ether oxygens (including phenoxy) is 4. The summed E-state index contributed by atoms with van der Waals surface area (Å²) in [6.07, 6.45) is 2.81. The van der Waals surface area contributed by atoms with Gasteiger partial charge in [0.2, 0.25) is 23.6 Å². The Morgan fingerprint density at radius 2 is 0.880 bits per heavy atom. The quantitative estimate of drug-likeness (QED) is 0.0476. The van der Waals surface area contributed by atoms with Crippen molar-refractivity contribution in [2.24, 2.45) is 0 Å². The summed E-state index contributed by atoms with van der Waals surface area (Å²) in [6, 6.07) is 39.6. The summed E-state index contributed by atoms with van der Waals surface area (Å²) < 4.78 is 98.3. The zero-order valence-corrected chi connectivity index (χ0v) is 55.7. The minimum Gasteiger partial charge on any atom is -0.468 e. The van der Waals surface area contributed by atoms with Crippen molar-refractivity contribution in [2.75, 3.05) is 27.3 Å². The van der Waals surface area contributed by atoms with Crippen molar-refractivity contribution in [1.29, 1.82) is 10.5 Å². The van der Waals surface area contributed by atoms with Crippen molar-refractivity contribution in [1.82, 2.24) is 29.7 Å². The number of hydrogen-bond acceptors (Lipinski definition) is 19. The molecule has 4 aromatic heterocycles. The number of alkyl halides is 5. The average Bonchev–Trinajstić information content (AvgIpc) is 1.60. The Balaban J connectivity index is 0.000000179. The molecule has 2 aliphatic rings. The van der Waals surface area contributed by atoms with E-state index < -0.39 is 25.3 Å². The first-order valence-corrected chi connectivity index (χ1v) is 32.6. The summed E-state index contributed by atoms with van der Waals surface area (Å²) >= 11 is 6.04. The minimum absolute atomic E-state index is 0.0383. The Hall–Kier alpha value is -11.0. The Morgan fingerprint density at radius 1 is 0.530 bits per heavy atom. The topological polar surface area (TPSA) is 249 Å². The number of aliphatic hydroxyl groups excluding tert-OH is 1. The summed E-state index contributed by atoms with van der Waals surface area (Å²) in [6.45, 7) is 3.18. The molecule has 1 N–H and O–H groups in total. The van der Waals surface area contributed by atoms with Crippen LogP contribution in [0.4, 0.5) is 17.6 Å². The van der Waals surface area contributed by atoms with E-state index in [1.807, 2.05) is 116 Å². The highest BCUT2D eigenvalue weighted by molar-refractivity contribution is 6.17. The number of nitriles is 2. The van der Waals surface area contributed by atoms with Gasteiger partial charge in [-0.15, -0.1) is 11.6 Å². The van der Waals surface area contributed by atoms with Gasteiger partial charge in [-0.1, -0.05) is 48.5 Å². The summed E-state index contributed by atoms with van der Waals surface area (Å²) in [4.78, 5) is 47.4. The predicted octanol–water partition coefficient (Wildman–Crippen LogP) is 16.6. The molecule has 100 heavy (non-hydrogen) atoms. The molecule has 2 atom stereocenters. The lowest BCUT2D eigenvalue weighted by molar-refractivity contribution is -0.146. The summed E-state index contributed by atoms with van der Waals surface area (Å²) in [7, 11) is 2.67. The second-order valence-corrected chi connectivity index (χ2v) is 24.7. The van der Waals surface area contributed by atoms with Gasteiger partial charge in [0, 0.05) is 64.5 Å². The third-order valence-electron chi connectivity index (χ3n) is 18.5. The maximum atomic E-state index is 13.5. The lowest BCUT2D eigenvalue weighted by atomic mass is 9.91. The van der Waals surface area contributed by atoms with Crippen LogP contribution in [0.3, 0.4) is 0 Å². The van der Waals surface area contributed by atoms with Crippen molar-refractivity contribution in [3.05, 3.63) is 177 Å². The maximum absolute atomic E-state index is 13.5. The highest BCUT2D eigenvalue weighted by Crippen LogP contribution is 2.43. The van der Waals surface area contributed by atoms with Crippen molar-refractivity contribution >= 4 is 67.9 Å². The van der Waals surface area contributed by atoms with Crippen LogP contribution in [-0.2, 0) is 44.6 Å². The van der Waals surface area contributed by atoms with E-state index in [1.54, 1.807) is 30.3 Å². The summed E-state index contributed by atoms with van der Waals surface area (Å²) in [5.41, 5.74) is 16.4. The van der Waals surface area contributed by atoms with Crippen molar-refractivity contribution in [2.45, 2.75) is 104 Å². The van der Waals surface area contributed by atoms with E-state index in [2.05, 4.69) is 17.1 Å². The van der Waals surface area contributed by atoms with Gasteiger partial charge in [0.25, 0.3) is 0 Å². The molecule has 12 aromatic rings. The number of aliphatic hydroxyl groups is 1. The van der Waals surface area contributed by atoms with Gasteiger partial charge in [0.05, 0.1) is 32.0 Å². The molecular formula is C76H63ClF4N8O11. The molecule has 0 radical (unpaired) electrons. The Kier molecular flexibility index (Phi) is 19.3. The molecule has 0 saturated carbocycles. The molecule has 0 aliphatic carbocycles. The molecule has 2 fully saturated rings. The highest BCUT2D eigenvalue weighted by atomic mass is 35.5. The van der Waals surface area contributed by atoms with E-state index in [1.165, 1.54) is 26.4 Å². The molecule has 0 bridgehead atoms. The predicted molar refractivity (Wildman–Crippen MR) is 364 cm³/mol. The van der Waals surface area contributed by atoms with Gasteiger partial charge < -0.3 is 41.7 Å². The smallest absolute Gasteiger partial charge is 0.387 e. The first kappa shape index (κ1) is 67.6.